The minimum Gasteiger partial charge on any atom is -0.462 e. The Morgan fingerprint density at radius 3 is 0.898 bits per heavy atom. The summed E-state index contributed by atoms with van der Waals surface area (Å²) < 4.78 is 16.8. The highest BCUT2D eigenvalue weighted by Crippen LogP contribution is 2.15. The Morgan fingerprint density at radius 1 is 0.322 bits per heavy atom. The molecule has 0 saturated carbocycles. The fraction of sp³-hybridized carbons (Fsp3) is 0.868. The highest BCUT2D eigenvalue weighted by molar-refractivity contribution is 5.71. The predicted molar refractivity (Wildman–Crippen MR) is 252 cm³/mol. The molecule has 6 heteroatoms. The van der Waals surface area contributed by atoms with Gasteiger partial charge in [0.15, 0.2) is 6.10 Å². The maximum Gasteiger partial charge on any atom is 0.306 e. The first-order chi connectivity index (χ1) is 29.0. The molecule has 0 bridgehead atoms. The summed E-state index contributed by atoms with van der Waals surface area (Å²) in [7, 11) is 0. The lowest BCUT2D eigenvalue weighted by Crippen LogP contribution is -2.30. The topological polar surface area (TPSA) is 78.9 Å². The van der Waals surface area contributed by atoms with Crippen LogP contribution in [0.15, 0.2) is 24.3 Å². The van der Waals surface area contributed by atoms with Crippen molar-refractivity contribution in [1.82, 2.24) is 0 Å². The second-order valence-corrected chi connectivity index (χ2v) is 17.4. The summed E-state index contributed by atoms with van der Waals surface area (Å²) in [6.45, 7) is 6.60. The van der Waals surface area contributed by atoms with Crippen LogP contribution in [0.3, 0.4) is 0 Å². The molecule has 0 aromatic carbocycles. The average molecular weight is 831 g/mol. The molecule has 6 nitrogen and oxygen atoms in total. The quantitative estimate of drug-likeness (QED) is 0.0263. The number of hydrogen-bond donors (Lipinski definition) is 0. The van der Waals surface area contributed by atoms with Gasteiger partial charge in [0.05, 0.1) is 0 Å². The van der Waals surface area contributed by atoms with Gasteiger partial charge in [-0.3, -0.25) is 14.4 Å². The van der Waals surface area contributed by atoms with Crippen molar-refractivity contribution in [1.29, 1.82) is 0 Å². The summed E-state index contributed by atoms with van der Waals surface area (Å²) in [5.74, 6) is -0.873. The van der Waals surface area contributed by atoms with Crippen LogP contribution in [0.25, 0.3) is 0 Å². The Labute approximate surface area is 366 Å². The molecule has 0 aromatic rings. The molecule has 59 heavy (non-hydrogen) atoms. The van der Waals surface area contributed by atoms with E-state index in [0.29, 0.717) is 19.3 Å². The molecule has 0 heterocycles. The maximum absolute atomic E-state index is 12.7. The lowest BCUT2D eigenvalue weighted by atomic mass is 10.1. The third-order valence-electron chi connectivity index (χ3n) is 11.4. The van der Waals surface area contributed by atoms with Crippen LogP contribution in [0.4, 0.5) is 0 Å². The first kappa shape index (κ1) is 56.9. The van der Waals surface area contributed by atoms with Crippen molar-refractivity contribution in [2.45, 2.75) is 284 Å². The molecule has 0 unspecified atom stereocenters. The number of esters is 3. The lowest BCUT2D eigenvalue weighted by molar-refractivity contribution is -0.167. The molecule has 0 N–H and O–H groups in total. The van der Waals surface area contributed by atoms with Crippen LogP contribution < -0.4 is 0 Å². The van der Waals surface area contributed by atoms with Gasteiger partial charge in [-0.1, -0.05) is 218 Å². The van der Waals surface area contributed by atoms with Crippen LogP contribution in [0, 0.1) is 0 Å². The number of allylic oxidation sites excluding steroid dienone is 4. The van der Waals surface area contributed by atoms with E-state index in [4.69, 9.17) is 14.2 Å². The van der Waals surface area contributed by atoms with Gasteiger partial charge < -0.3 is 14.2 Å². The number of ether oxygens (including phenoxy) is 3. The SMILES string of the molecule is CCCC/C=C\CCCCCCCC(=O)OC[C@@H](COC(=O)CCCCCCCCCCC/C=C\CCCCCCCC)OC(=O)CCCCCCCCCCCCC. The van der Waals surface area contributed by atoms with Crippen LogP contribution in [0.2, 0.25) is 0 Å². The van der Waals surface area contributed by atoms with E-state index in [1.165, 1.54) is 173 Å². The van der Waals surface area contributed by atoms with Gasteiger partial charge in [0.1, 0.15) is 13.2 Å². The summed E-state index contributed by atoms with van der Waals surface area (Å²) in [4.78, 5) is 37.9. The molecule has 0 rings (SSSR count). The van der Waals surface area contributed by atoms with E-state index in [0.717, 1.165) is 64.2 Å². The van der Waals surface area contributed by atoms with Gasteiger partial charge in [-0.25, -0.2) is 0 Å². The van der Waals surface area contributed by atoms with Crippen LogP contribution >= 0.6 is 0 Å². The summed E-state index contributed by atoms with van der Waals surface area (Å²) in [5.41, 5.74) is 0. The van der Waals surface area contributed by atoms with Crippen molar-refractivity contribution >= 4 is 17.9 Å². The van der Waals surface area contributed by atoms with Crippen molar-refractivity contribution in [2.24, 2.45) is 0 Å². The number of hydrogen-bond acceptors (Lipinski definition) is 6. The highest BCUT2D eigenvalue weighted by atomic mass is 16.6. The number of unbranched alkanes of at least 4 members (excludes halogenated alkanes) is 32. The van der Waals surface area contributed by atoms with Crippen LogP contribution in [0.5, 0.6) is 0 Å². The highest BCUT2D eigenvalue weighted by Gasteiger charge is 2.19. The first-order valence-electron chi connectivity index (χ1n) is 25.8. The summed E-state index contributed by atoms with van der Waals surface area (Å²) in [5, 5.41) is 0. The van der Waals surface area contributed by atoms with Gasteiger partial charge >= 0.3 is 17.9 Å². The Morgan fingerprint density at radius 2 is 0.576 bits per heavy atom. The molecule has 0 aliphatic heterocycles. The molecule has 0 aliphatic rings. The zero-order chi connectivity index (χ0) is 43.0. The molecule has 0 aromatic heterocycles. The normalized spacial score (nSPS) is 12.1. The Balaban J connectivity index is 4.27. The molecule has 0 fully saturated rings. The van der Waals surface area contributed by atoms with Gasteiger partial charge in [0.2, 0.25) is 0 Å². The van der Waals surface area contributed by atoms with E-state index in [9.17, 15) is 14.4 Å². The molecule has 1 atom stereocenters. The van der Waals surface area contributed by atoms with Crippen LogP contribution in [-0.4, -0.2) is 37.2 Å². The third-order valence-corrected chi connectivity index (χ3v) is 11.4. The Hall–Kier alpha value is -2.11. The van der Waals surface area contributed by atoms with Gasteiger partial charge in [-0.05, 0) is 64.2 Å². The predicted octanol–water partition coefficient (Wildman–Crippen LogP) is 16.8. The smallest absolute Gasteiger partial charge is 0.306 e. The Bertz CT molecular complexity index is 958. The van der Waals surface area contributed by atoms with Crippen molar-refractivity contribution in [2.75, 3.05) is 13.2 Å². The molecular weight excluding hydrogens is 733 g/mol. The zero-order valence-electron chi connectivity index (χ0n) is 39.5. The molecule has 0 amide bonds. The second-order valence-electron chi connectivity index (χ2n) is 17.4. The monoisotopic (exact) mass is 831 g/mol. The lowest BCUT2D eigenvalue weighted by Gasteiger charge is -2.18. The van der Waals surface area contributed by atoms with E-state index >= 15 is 0 Å². The van der Waals surface area contributed by atoms with Gasteiger partial charge in [0, 0.05) is 19.3 Å². The van der Waals surface area contributed by atoms with E-state index in [1.807, 2.05) is 0 Å². The van der Waals surface area contributed by atoms with E-state index in [-0.39, 0.29) is 31.1 Å². The second kappa shape index (κ2) is 48.6. The van der Waals surface area contributed by atoms with Crippen molar-refractivity contribution in [3.05, 3.63) is 24.3 Å². The minimum atomic E-state index is -0.769. The average Bonchev–Trinajstić information content (AvgIpc) is 3.23. The van der Waals surface area contributed by atoms with Crippen molar-refractivity contribution in [3.8, 4) is 0 Å². The number of carbonyl (C=O) groups is 3. The van der Waals surface area contributed by atoms with Crippen molar-refractivity contribution < 1.29 is 28.6 Å². The van der Waals surface area contributed by atoms with Crippen molar-refractivity contribution in [3.63, 3.8) is 0 Å². The van der Waals surface area contributed by atoms with E-state index < -0.39 is 6.10 Å². The maximum atomic E-state index is 12.7. The third kappa shape index (κ3) is 46.8. The molecular formula is C53H98O6. The zero-order valence-corrected chi connectivity index (χ0v) is 39.5. The summed E-state index contributed by atoms with van der Waals surface area (Å²) >= 11 is 0. The largest absolute Gasteiger partial charge is 0.462 e. The fourth-order valence-corrected chi connectivity index (χ4v) is 7.48. The molecule has 0 saturated heterocycles. The molecule has 346 valence electrons. The van der Waals surface area contributed by atoms with Gasteiger partial charge in [0.25, 0.3) is 0 Å². The van der Waals surface area contributed by atoms with Gasteiger partial charge in [-0.15, -0.1) is 0 Å². The summed E-state index contributed by atoms with van der Waals surface area (Å²) in [6.07, 6.45) is 54.5. The fourth-order valence-electron chi connectivity index (χ4n) is 7.48. The first-order valence-corrected chi connectivity index (χ1v) is 25.8. The van der Waals surface area contributed by atoms with Crippen LogP contribution in [0.1, 0.15) is 278 Å². The van der Waals surface area contributed by atoms with E-state index in [2.05, 4.69) is 45.1 Å². The minimum absolute atomic E-state index is 0.0715. The van der Waals surface area contributed by atoms with Crippen LogP contribution in [-0.2, 0) is 28.6 Å². The standard InChI is InChI=1S/C53H98O6/c1-4-7-10-13-16-19-22-23-24-25-26-27-28-29-32-34-37-40-43-46-52(55)58-49-50(59-53(56)47-44-41-38-35-31-21-18-15-12-9-6-3)48-57-51(54)45-42-39-36-33-30-20-17-14-11-8-5-2/h14,17,23-24,50H,4-13,15-16,18-22,25-49H2,1-3H3/b17-14-,24-23-/t50-/m0/s1. The summed E-state index contributed by atoms with van der Waals surface area (Å²) in [6, 6.07) is 0. The number of rotatable bonds is 47. The molecule has 0 spiro atoms. The Kier molecular flexibility index (Phi) is 46.8. The number of carbonyl (C=O) groups excluding carboxylic acids is 3. The van der Waals surface area contributed by atoms with Gasteiger partial charge in [-0.2, -0.15) is 0 Å². The molecule has 0 aliphatic carbocycles. The molecule has 0 radical (unpaired) electrons. The van der Waals surface area contributed by atoms with E-state index in [1.54, 1.807) is 0 Å².